The van der Waals surface area contributed by atoms with Crippen LogP contribution in [0.15, 0.2) is 24.3 Å². The van der Waals surface area contributed by atoms with E-state index in [9.17, 15) is 17.3 Å². The van der Waals surface area contributed by atoms with Gasteiger partial charge in [-0.05, 0) is 13.0 Å². The second-order valence-corrected chi connectivity index (χ2v) is 6.83. The summed E-state index contributed by atoms with van der Waals surface area (Å²) in [7, 11) is -6.00. The Bertz CT molecular complexity index is 870. The summed E-state index contributed by atoms with van der Waals surface area (Å²) >= 11 is 0. The molecule has 0 bridgehead atoms. The summed E-state index contributed by atoms with van der Waals surface area (Å²) in [5.41, 5.74) is 5.53. The molecule has 26 heavy (non-hydrogen) atoms. The summed E-state index contributed by atoms with van der Waals surface area (Å²) in [5.74, 6) is 1.12. The van der Waals surface area contributed by atoms with Gasteiger partial charge in [0.1, 0.15) is 18.4 Å². The van der Waals surface area contributed by atoms with Gasteiger partial charge in [-0.1, -0.05) is 25.5 Å². The zero-order valence-electron chi connectivity index (χ0n) is 15.2. The average Bonchev–Trinajstić information content (AvgIpc) is 3.04. The molecule has 2 aromatic rings. The predicted molar refractivity (Wildman–Crippen MR) is 97.4 cm³/mol. The van der Waals surface area contributed by atoms with E-state index in [1.165, 1.54) is 46.1 Å². The highest BCUT2D eigenvalue weighted by molar-refractivity contribution is 6.50. The van der Waals surface area contributed by atoms with Crippen molar-refractivity contribution in [3.8, 4) is 5.75 Å². The first-order valence-electron chi connectivity index (χ1n) is 8.94. The summed E-state index contributed by atoms with van der Waals surface area (Å²) in [5, 5.41) is 2.68. The highest BCUT2D eigenvalue weighted by Gasteiger charge is 2.33. The average molecular weight is 367 g/mol. The smallest absolute Gasteiger partial charge is 0.489 e. The number of halogens is 4. The highest BCUT2D eigenvalue weighted by Crippen LogP contribution is 2.45. The fourth-order valence-corrected chi connectivity index (χ4v) is 3.78. The normalized spacial score (nSPS) is 17.9. The largest absolute Gasteiger partial charge is 0.673 e. The highest BCUT2D eigenvalue weighted by atomic mass is 19.5. The van der Waals surface area contributed by atoms with E-state index in [4.69, 9.17) is 4.74 Å². The second kappa shape index (κ2) is 6.93. The van der Waals surface area contributed by atoms with Gasteiger partial charge in [-0.2, -0.15) is 4.58 Å². The van der Waals surface area contributed by atoms with Crippen molar-refractivity contribution in [1.29, 1.82) is 0 Å². The Balaban J connectivity index is 0.000000349. The van der Waals surface area contributed by atoms with Crippen molar-refractivity contribution in [2.75, 3.05) is 6.54 Å². The number of benzene rings is 2. The first-order chi connectivity index (χ1) is 12.2. The summed E-state index contributed by atoms with van der Waals surface area (Å²) in [6.07, 6.45) is 3.80. The second-order valence-electron chi connectivity index (χ2n) is 6.83. The minimum atomic E-state index is -6.00. The molecule has 0 N–H and O–H groups in total. The number of rotatable bonds is 3. The minimum Gasteiger partial charge on any atom is -0.489 e. The Hall–Kier alpha value is -2.05. The summed E-state index contributed by atoms with van der Waals surface area (Å²) in [6, 6.07) is 9.01. The zero-order chi connectivity index (χ0) is 19.1. The molecule has 0 fully saturated rings. The van der Waals surface area contributed by atoms with Crippen LogP contribution in [0.3, 0.4) is 0 Å². The number of fused-ring (bicyclic) bond motifs is 2. The fraction of sp³-hybridized carbons (Fsp3) is 0.421. The molecule has 1 unspecified atom stereocenters. The number of unbranched alkanes of at least 4 members (excludes halogenated alkanes) is 1. The Labute approximate surface area is 150 Å². The van der Waals surface area contributed by atoms with Gasteiger partial charge in [-0.25, -0.2) is 0 Å². The monoisotopic (exact) mass is 367 g/mol. The van der Waals surface area contributed by atoms with Gasteiger partial charge in [-0.15, -0.1) is 0 Å². The van der Waals surface area contributed by atoms with Crippen LogP contribution in [-0.4, -0.2) is 30.2 Å². The van der Waals surface area contributed by atoms with Gasteiger partial charge < -0.3 is 22.0 Å². The van der Waals surface area contributed by atoms with Gasteiger partial charge >= 0.3 is 7.25 Å². The van der Waals surface area contributed by atoms with Crippen molar-refractivity contribution < 1.29 is 26.6 Å². The fourth-order valence-electron chi connectivity index (χ4n) is 3.78. The SMILES string of the molecule is CCCC[N+]1=C(C)c2cccc3c4c(cc1c23)CC(C)O4.F[B-](F)(F)F. The molecule has 0 radical (unpaired) electrons. The molecule has 0 spiro atoms. The number of hydrogen-bond donors (Lipinski definition) is 0. The third-order valence-corrected chi connectivity index (χ3v) is 4.81. The summed E-state index contributed by atoms with van der Waals surface area (Å²) in [6.45, 7) is 7.78. The lowest BCUT2D eigenvalue weighted by Gasteiger charge is -2.07. The molecule has 1 atom stereocenters. The molecule has 140 valence electrons. The Morgan fingerprint density at radius 1 is 1.23 bits per heavy atom. The van der Waals surface area contributed by atoms with Gasteiger partial charge in [-0.3, -0.25) is 0 Å². The molecule has 4 rings (SSSR count). The summed E-state index contributed by atoms with van der Waals surface area (Å²) in [4.78, 5) is 0. The lowest BCUT2D eigenvalue weighted by molar-refractivity contribution is -0.437. The van der Waals surface area contributed by atoms with Crippen molar-refractivity contribution >= 4 is 29.4 Å². The van der Waals surface area contributed by atoms with Gasteiger partial charge in [0.05, 0.1) is 10.9 Å². The van der Waals surface area contributed by atoms with Gasteiger partial charge in [0.25, 0.3) is 0 Å². The maximum Gasteiger partial charge on any atom is 0.673 e. The molecule has 0 amide bonds. The summed E-state index contributed by atoms with van der Waals surface area (Å²) < 4.78 is 47.6. The zero-order valence-corrected chi connectivity index (χ0v) is 15.2. The molecule has 0 aliphatic carbocycles. The molecular formula is C19H22BF4NO. The van der Waals surface area contributed by atoms with Crippen molar-refractivity contribution in [3.05, 3.63) is 35.4 Å². The van der Waals surface area contributed by atoms with Crippen LogP contribution in [0.1, 0.15) is 44.7 Å². The third-order valence-electron chi connectivity index (χ3n) is 4.81. The van der Waals surface area contributed by atoms with Gasteiger partial charge in [0.15, 0.2) is 5.71 Å². The van der Waals surface area contributed by atoms with Crippen molar-refractivity contribution in [2.24, 2.45) is 0 Å². The first-order valence-corrected chi connectivity index (χ1v) is 8.94. The molecule has 7 heteroatoms. The van der Waals surface area contributed by atoms with E-state index in [2.05, 4.69) is 49.6 Å². The van der Waals surface area contributed by atoms with Crippen LogP contribution in [0.5, 0.6) is 5.75 Å². The molecule has 2 heterocycles. The van der Waals surface area contributed by atoms with Crippen molar-refractivity contribution in [3.63, 3.8) is 0 Å². The van der Waals surface area contributed by atoms with Crippen LogP contribution in [-0.2, 0) is 6.42 Å². The van der Waals surface area contributed by atoms with Crippen LogP contribution in [0, 0.1) is 0 Å². The van der Waals surface area contributed by atoms with Crippen LogP contribution in [0.25, 0.3) is 10.8 Å². The third kappa shape index (κ3) is 3.57. The molecule has 2 aliphatic heterocycles. The Kier molecular flexibility index (Phi) is 4.99. The van der Waals surface area contributed by atoms with E-state index in [1.807, 2.05) is 0 Å². The number of hydrogen-bond acceptors (Lipinski definition) is 1. The van der Waals surface area contributed by atoms with E-state index >= 15 is 0 Å². The van der Waals surface area contributed by atoms with E-state index in [1.54, 1.807) is 0 Å². The van der Waals surface area contributed by atoms with Gasteiger partial charge in [0, 0.05) is 36.8 Å². The molecule has 2 nitrogen and oxygen atoms in total. The van der Waals surface area contributed by atoms with E-state index in [-0.39, 0.29) is 0 Å². The topological polar surface area (TPSA) is 12.2 Å². The molecule has 2 aliphatic rings. The standard InChI is InChI=1S/C19H22NO.BF4/c1-4-5-9-20-13(3)15-7-6-8-16-18(15)17(20)11-14-10-12(2)21-19(14)16;2-1(3,4)5/h6-8,11-12H,4-5,9-10H2,1-3H3;/q+1;-1. The lowest BCUT2D eigenvalue weighted by Crippen LogP contribution is -2.12. The predicted octanol–water partition coefficient (Wildman–Crippen LogP) is 5.73. The number of ether oxygens (including phenoxy) is 1. The molecular weight excluding hydrogens is 345 g/mol. The molecule has 2 aromatic carbocycles. The maximum atomic E-state index is 9.75. The van der Waals surface area contributed by atoms with Crippen LogP contribution in [0.2, 0.25) is 0 Å². The van der Waals surface area contributed by atoms with Crippen molar-refractivity contribution in [2.45, 2.75) is 46.1 Å². The molecule has 0 aromatic heterocycles. The van der Waals surface area contributed by atoms with E-state index in [0.29, 0.717) is 6.10 Å². The van der Waals surface area contributed by atoms with Gasteiger partial charge in [0.2, 0.25) is 5.69 Å². The van der Waals surface area contributed by atoms with Crippen LogP contribution >= 0.6 is 0 Å². The van der Waals surface area contributed by atoms with Crippen LogP contribution in [0.4, 0.5) is 23.0 Å². The maximum absolute atomic E-state index is 9.75. The Morgan fingerprint density at radius 2 is 1.92 bits per heavy atom. The quantitative estimate of drug-likeness (QED) is 0.383. The first kappa shape index (κ1) is 18.7. The lowest BCUT2D eigenvalue weighted by atomic mass is 9.98. The molecule has 0 saturated heterocycles. The van der Waals surface area contributed by atoms with E-state index in [0.717, 1.165) is 18.7 Å². The van der Waals surface area contributed by atoms with Crippen LogP contribution < -0.4 is 4.74 Å². The van der Waals surface area contributed by atoms with Crippen molar-refractivity contribution in [1.82, 2.24) is 0 Å². The Morgan fingerprint density at radius 3 is 2.58 bits per heavy atom. The number of nitrogens with zero attached hydrogens (tertiary/aromatic N) is 1. The van der Waals surface area contributed by atoms with E-state index < -0.39 is 7.25 Å². The molecule has 0 saturated carbocycles. The minimum absolute atomic E-state index is 0.302.